The summed E-state index contributed by atoms with van der Waals surface area (Å²) in [6.07, 6.45) is 2.40. The Bertz CT molecular complexity index is 254. The lowest BCUT2D eigenvalue weighted by atomic mass is 9.91. The van der Waals surface area contributed by atoms with Gasteiger partial charge in [0.2, 0.25) is 0 Å². The van der Waals surface area contributed by atoms with Crippen molar-refractivity contribution in [2.24, 2.45) is 10.7 Å². The molecule has 1 spiro atoms. The van der Waals surface area contributed by atoms with Crippen LogP contribution in [0.3, 0.4) is 0 Å². The summed E-state index contributed by atoms with van der Waals surface area (Å²) in [5.41, 5.74) is 5.97. The fraction of sp³-hybridized carbons (Fsp3) is 0.900. The zero-order chi connectivity index (χ0) is 10.2. The van der Waals surface area contributed by atoms with Crippen molar-refractivity contribution < 1.29 is 4.74 Å². The summed E-state index contributed by atoms with van der Waals surface area (Å²) >= 11 is 0. The standard InChI is InChI=1S/C10H19N3O/c1-3-5-13-9(11)12-7-10(13)4-6-14-8(10)2/h8H,3-7H2,1-2H3,(H2,11,12). The first kappa shape index (κ1) is 9.77. The Kier molecular flexibility index (Phi) is 2.39. The summed E-state index contributed by atoms with van der Waals surface area (Å²) in [6.45, 7) is 6.93. The molecule has 0 saturated carbocycles. The van der Waals surface area contributed by atoms with Crippen LogP contribution in [0.4, 0.5) is 0 Å². The SMILES string of the molecule is CCCN1C(N)=NCC12CCOC2C. The van der Waals surface area contributed by atoms with E-state index in [0.717, 1.165) is 32.5 Å². The van der Waals surface area contributed by atoms with Crippen molar-refractivity contribution in [2.45, 2.75) is 38.3 Å². The van der Waals surface area contributed by atoms with Crippen LogP contribution in [0, 0.1) is 0 Å². The molecule has 2 aliphatic heterocycles. The highest BCUT2D eigenvalue weighted by Gasteiger charge is 2.49. The number of guanidine groups is 1. The normalized spacial score (nSPS) is 36.9. The van der Waals surface area contributed by atoms with Crippen LogP contribution in [0.1, 0.15) is 26.7 Å². The average Bonchev–Trinajstić information content (AvgIpc) is 2.67. The fourth-order valence-corrected chi connectivity index (χ4v) is 2.51. The largest absolute Gasteiger partial charge is 0.376 e. The van der Waals surface area contributed by atoms with E-state index in [4.69, 9.17) is 10.5 Å². The highest BCUT2D eigenvalue weighted by atomic mass is 16.5. The first-order valence-corrected chi connectivity index (χ1v) is 5.40. The van der Waals surface area contributed by atoms with Crippen LogP contribution >= 0.6 is 0 Å². The van der Waals surface area contributed by atoms with Gasteiger partial charge in [0.25, 0.3) is 0 Å². The maximum absolute atomic E-state index is 5.90. The van der Waals surface area contributed by atoms with E-state index in [1.54, 1.807) is 0 Å². The zero-order valence-electron chi connectivity index (χ0n) is 8.99. The summed E-state index contributed by atoms with van der Waals surface area (Å²) in [5, 5.41) is 0. The van der Waals surface area contributed by atoms with Crippen LogP contribution in [0.5, 0.6) is 0 Å². The second-order valence-corrected chi connectivity index (χ2v) is 4.19. The predicted octanol–water partition coefficient (Wildman–Crippen LogP) is 0.574. The molecule has 14 heavy (non-hydrogen) atoms. The third-order valence-electron chi connectivity index (χ3n) is 3.44. The second-order valence-electron chi connectivity index (χ2n) is 4.19. The minimum atomic E-state index is 0.0695. The summed E-state index contributed by atoms with van der Waals surface area (Å²) in [6, 6.07) is 0. The van der Waals surface area contributed by atoms with E-state index in [9.17, 15) is 0 Å². The van der Waals surface area contributed by atoms with Crippen molar-refractivity contribution in [2.75, 3.05) is 19.7 Å². The maximum Gasteiger partial charge on any atom is 0.191 e. The number of rotatable bonds is 2. The van der Waals surface area contributed by atoms with E-state index in [0.29, 0.717) is 5.96 Å². The molecule has 0 bridgehead atoms. The topological polar surface area (TPSA) is 50.8 Å². The third kappa shape index (κ3) is 1.21. The first-order chi connectivity index (χ1) is 6.70. The van der Waals surface area contributed by atoms with Crippen LogP contribution < -0.4 is 5.73 Å². The lowest BCUT2D eigenvalue weighted by Crippen LogP contribution is -2.55. The molecule has 2 N–H and O–H groups in total. The number of ether oxygens (including phenoxy) is 1. The van der Waals surface area contributed by atoms with E-state index in [1.807, 2.05) is 0 Å². The summed E-state index contributed by atoms with van der Waals surface area (Å²) in [4.78, 5) is 6.60. The lowest BCUT2D eigenvalue weighted by molar-refractivity contribution is 0.0559. The molecular formula is C10H19N3O. The Labute approximate surface area is 85.1 Å². The third-order valence-corrected chi connectivity index (χ3v) is 3.44. The quantitative estimate of drug-likeness (QED) is 0.704. The molecule has 1 saturated heterocycles. The van der Waals surface area contributed by atoms with Gasteiger partial charge in [0.1, 0.15) is 0 Å². The Morgan fingerprint density at radius 3 is 3.07 bits per heavy atom. The average molecular weight is 197 g/mol. The Balaban J connectivity index is 2.19. The molecule has 2 heterocycles. The van der Waals surface area contributed by atoms with Crippen LogP contribution in [0.25, 0.3) is 0 Å². The minimum Gasteiger partial charge on any atom is -0.376 e. The smallest absolute Gasteiger partial charge is 0.191 e. The van der Waals surface area contributed by atoms with E-state index in [-0.39, 0.29) is 11.6 Å². The van der Waals surface area contributed by atoms with E-state index < -0.39 is 0 Å². The number of nitrogens with two attached hydrogens (primary N) is 1. The monoisotopic (exact) mass is 197 g/mol. The zero-order valence-corrected chi connectivity index (χ0v) is 8.99. The van der Waals surface area contributed by atoms with Gasteiger partial charge in [-0.15, -0.1) is 0 Å². The summed E-state index contributed by atoms with van der Waals surface area (Å²) in [5.74, 6) is 0.698. The maximum atomic E-state index is 5.90. The van der Waals surface area contributed by atoms with Crippen LogP contribution in [0.15, 0.2) is 4.99 Å². The Morgan fingerprint density at radius 2 is 2.50 bits per heavy atom. The van der Waals surface area contributed by atoms with E-state index in [1.165, 1.54) is 0 Å². The Hall–Kier alpha value is -0.770. The number of hydrogen-bond acceptors (Lipinski definition) is 4. The number of aliphatic imine (C=N–C) groups is 1. The molecule has 2 atom stereocenters. The molecule has 0 radical (unpaired) electrons. The predicted molar refractivity (Wildman–Crippen MR) is 56.2 cm³/mol. The van der Waals surface area contributed by atoms with Crippen LogP contribution in [-0.2, 0) is 4.74 Å². The van der Waals surface area contributed by atoms with Gasteiger partial charge in [-0.25, -0.2) is 0 Å². The van der Waals surface area contributed by atoms with Gasteiger partial charge < -0.3 is 15.4 Å². The molecule has 4 heteroatoms. The van der Waals surface area contributed by atoms with Crippen molar-refractivity contribution in [1.82, 2.24) is 4.90 Å². The Morgan fingerprint density at radius 1 is 1.71 bits per heavy atom. The van der Waals surface area contributed by atoms with Gasteiger partial charge in [-0.3, -0.25) is 4.99 Å². The molecule has 1 fully saturated rings. The highest BCUT2D eigenvalue weighted by Crippen LogP contribution is 2.35. The molecular weight excluding hydrogens is 178 g/mol. The van der Waals surface area contributed by atoms with Gasteiger partial charge in [0, 0.05) is 13.2 Å². The van der Waals surface area contributed by atoms with Gasteiger partial charge in [-0.05, 0) is 19.8 Å². The van der Waals surface area contributed by atoms with E-state index >= 15 is 0 Å². The molecule has 80 valence electrons. The van der Waals surface area contributed by atoms with Crippen molar-refractivity contribution in [1.29, 1.82) is 0 Å². The highest BCUT2D eigenvalue weighted by molar-refractivity contribution is 5.81. The molecule has 2 unspecified atom stereocenters. The van der Waals surface area contributed by atoms with Crippen molar-refractivity contribution in [3.05, 3.63) is 0 Å². The minimum absolute atomic E-state index is 0.0695. The molecule has 0 aromatic rings. The van der Waals surface area contributed by atoms with Crippen LogP contribution in [-0.4, -0.2) is 42.2 Å². The second kappa shape index (κ2) is 3.42. The van der Waals surface area contributed by atoms with Gasteiger partial charge in [-0.2, -0.15) is 0 Å². The molecule has 2 rings (SSSR count). The summed E-state index contributed by atoms with van der Waals surface area (Å²) < 4.78 is 5.64. The van der Waals surface area contributed by atoms with E-state index in [2.05, 4.69) is 23.7 Å². The lowest BCUT2D eigenvalue weighted by Gasteiger charge is -2.38. The summed E-state index contributed by atoms with van der Waals surface area (Å²) in [7, 11) is 0. The van der Waals surface area contributed by atoms with Gasteiger partial charge in [0.15, 0.2) is 5.96 Å². The fourth-order valence-electron chi connectivity index (χ4n) is 2.51. The van der Waals surface area contributed by atoms with Crippen molar-refractivity contribution in [3.8, 4) is 0 Å². The van der Waals surface area contributed by atoms with Gasteiger partial charge in [0.05, 0.1) is 18.2 Å². The first-order valence-electron chi connectivity index (χ1n) is 5.40. The molecule has 0 aromatic heterocycles. The molecule has 0 amide bonds. The van der Waals surface area contributed by atoms with Gasteiger partial charge >= 0.3 is 0 Å². The van der Waals surface area contributed by atoms with Gasteiger partial charge in [-0.1, -0.05) is 6.92 Å². The van der Waals surface area contributed by atoms with Crippen LogP contribution in [0.2, 0.25) is 0 Å². The molecule has 2 aliphatic rings. The van der Waals surface area contributed by atoms with Crippen molar-refractivity contribution in [3.63, 3.8) is 0 Å². The molecule has 0 aromatic carbocycles. The molecule has 0 aliphatic carbocycles. The van der Waals surface area contributed by atoms with Crippen molar-refractivity contribution >= 4 is 5.96 Å². The number of nitrogens with zero attached hydrogens (tertiary/aromatic N) is 2. The molecule has 4 nitrogen and oxygen atoms in total. The number of hydrogen-bond donors (Lipinski definition) is 1.